The molecule has 6 rings (SSSR count). The first-order chi connectivity index (χ1) is 16.2. The second-order valence-electron chi connectivity index (χ2n) is 16.4. The third-order valence-corrected chi connectivity index (χ3v) is 19.2. The second kappa shape index (κ2) is 8.91. The van der Waals surface area contributed by atoms with Gasteiger partial charge >= 0.3 is 0 Å². The van der Waals surface area contributed by atoms with Crippen LogP contribution in [0.3, 0.4) is 0 Å². The molecule has 14 unspecified atom stereocenters. The monoisotopic (exact) mass is 482 g/mol. The van der Waals surface area contributed by atoms with Crippen LogP contribution in [0.25, 0.3) is 0 Å². The minimum atomic E-state index is -1.40. The largest absolute Gasteiger partial charge is 0.0689 e. The minimum Gasteiger partial charge on any atom is -0.0689 e. The first-order valence-electron chi connectivity index (χ1n) is 16.2. The van der Waals surface area contributed by atoms with Gasteiger partial charge in [-0.05, 0) is 139 Å². The lowest BCUT2D eigenvalue weighted by atomic mass is 9.58. The zero-order valence-electron chi connectivity index (χ0n) is 23.9. The molecule has 6 aliphatic rings. The Morgan fingerprint density at radius 1 is 0.441 bits per heavy atom. The quantitative estimate of drug-likeness (QED) is 0.343. The number of rotatable bonds is 2. The highest BCUT2D eigenvalue weighted by Crippen LogP contribution is 2.70. The van der Waals surface area contributed by atoms with Gasteiger partial charge in [-0.15, -0.1) is 0 Å². The Labute approximate surface area is 214 Å². The maximum atomic E-state index is 2.97. The van der Waals surface area contributed by atoms with Gasteiger partial charge in [0.15, 0.2) is 0 Å². The molecule has 0 nitrogen and oxygen atoms in total. The molecule has 14 atom stereocenters. The molecule has 34 heavy (non-hydrogen) atoms. The highest BCUT2D eigenvalue weighted by atomic mass is 28.3. The fourth-order valence-corrected chi connectivity index (χ4v) is 19.8. The van der Waals surface area contributed by atoms with Crippen LogP contribution in [-0.2, 0) is 0 Å². The molecule has 194 valence electrons. The van der Waals surface area contributed by atoms with Crippen molar-refractivity contribution in [3.63, 3.8) is 0 Å². The molecule has 6 aliphatic carbocycles. The van der Waals surface area contributed by atoms with Crippen LogP contribution < -0.4 is 0 Å². The van der Waals surface area contributed by atoms with Gasteiger partial charge in [-0.25, -0.2) is 0 Å². The Kier molecular flexibility index (Phi) is 6.43. The fourth-order valence-electron chi connectivity index (χ4n) is 13.2. The third kappa shape index (κ3) is 3.77. The van der Waals surface area contributed by atoms with E-state index in [0.29, 0.717) is 0 Å². The van der Waals surface area contributed by atoms with Crippen molar-refractivity contribution >= 4 is 8.07 Å². The highest BCUT2D eigenvalue weighted by molar-refractivity contribution is 6.80. The topological polar surface area (TPSA) is 0 Å². The molecule has 0 radical (unpaired) electrons. The van der Waals surface area contributed by atoms with Crippen LogP contribution in [0, 0.1) is 76.9 Å². The summed E-state index contributed by atoms with van der Waals surface area (Å²) in [5, 5.41) is 0. The molecule has 6 saturated carbocycles. The molecule has 0 saturated heterocycles. The van der Waals surface area contributed by atoms with E-state index in [1.165, 1.54) is 19.3 Å². The maximum Gasteiger partial charge on any atom is 0.0547 e. The fraction of sp³-hybridized carbons (Fsp3) is 1.00. The van der Waals surface area contributed by atoms with Crippen molar-refractivity contribution in [3.05, 3.63) is 0 Å². The number of hydrogen-bond acceptors (Lipinski definition) is 0. The van der Waals surface area contributed by atoms with Crippen molar-refractivity contribution in [2.24, 2.45) is 76.9 Å². The zero-order chi connectivity index (χ0) is 23.9. The van der Waals surface area contributed by atoms with Crippen LogP contribution in [0.1, 0.15) is 105 Å². The molecular formula is C33H58Si. The van der Waals surface area contributed by atoms with Crippen LogP contribution in [-0.4, -0.2) is 8.07 Å². The van der Waals surface area contributed by atoms with E-state index in [9.17, 15) is 0 Å². The summed E-state index contributed by atoms with van der Waals surface area (Å²) in [5.74, 6) is 13.8. The van der Waals surface area contributed by atoms with Crippen molar-refractivity contribution < 1.29 is 0 Å². The molecule has 0 N–H and O–H groups in total. The SMILES string of the molecule is CC1CCC2CC(C)C3C(CC(C)C3[Si](C)(C)C3C4CC(C)CCC4C4CCC(C)CC43)C2C1. The lowest BCUT2D eigenvalue weighted by molar-refractivity contribution is 0.0183. The number of fused-ring (bicyclic) bond motifs is 6. The average molecular weight is 483 g/mol. The van der Waals surface area contributed by atoms with Crippen LogP contribution >= 0.6 is 0 Å². The van der Waals surface area contributed by atoms with Gasteiger partial charge in [0, 0.05) is 0 Å². The Morgan fingerprint density at radius 2 is 0.971 bits per heavy atom. The first-order valence-corrected chi connectivity index (χ1v) is 19.3. The van der Waals surface area contributed by atoms with Crippen LogP contribution in [0.2, 0.25) is 24.2 Å². The van der Waals surface area contributed by atoms with Gasteiger partial charge in [0.25, 0.3) is 0 Å². The molecule has 0 aromatic carbocycles. The Morgan fingerprint density at radius 3 is 1.56 bits per heavy atom. The molecule has 0 spiro atoms. The van der Waals surface area contributed by atoms with E-state index in [0.717, 1.165) is 88.0 Å². The molecule has 0 amide bonds. The van der Waals surface area contributed by atoms with Crippen LogP contribution in [0.15, 0.2) is 0 Å². The summed E-state index contributed by atoms with van der Waals surface area (Å²) < 4.78 is 0. The average Bonchev–Trinajstić information content (AvgIpc) is 3.29. The van der Waals surface area contributed by atoms with Gasteiger partial charge in [-0.1, -0.05) is 67.0 Å². The van der Waals surface area contributed by atoms with Crippen LogP contribution in [0.4, 0.5) is 0 Å². The molecule has 0 aromatic heterocycles. The second-order valence-corrected chi connectivity index (χ2v) is 21.4. The lowest BCUT2D eigenvalue weighted by Gasteiger charge is -2.53. The summed E-state index contributed by atoms with van der Waals surface area (Å²) >= 11 is 0. The predicted octanol–water partition coefficient (Wildman–Crippen LogP) is 9.92. The molecule has 6 fully saturated rings. The summed E-state index contributed by atoms with van der Waals surface area (Å²) in [6, 6.07) is 0. The summed E-state index contributed by atoms with van der Waals surface area (Å²) in [7, 11) is -1.40. The molecule has 0 aromatic rings. The van der Waals surface area contributed by atoms with E-state index in [-0.39, 0.29) is 0 Å². The van der Waals surface area contributed by atoms with E-state index in [4.69, 9.17) is 0 Å². The zero-order valence-corrected chi connectivity index (χ0v) is 24.9. The molecule has 0 aliphatic heterocycles. The molecule has 1 heteroatoms. The Bertz CT molecular complexity index is 715. The predicted molar refractivity (Wildman–Crippen MR) is 150 cm³/mol. The van der Waals surface area contributed by atoms with E-state index in [2.05, 4.69) is 47.7 Å². The van der Waals surface area contributed by atoms with Crippen molar-refractivity contribution in [3.8, 4) is 0 Å². The van der Waals surface area contributed by atoms with E-state index < -0.39 is 8.07 Å². The van der Waals surface area contributed by atoms with Gasteiger partial charge in [-0.2, -0.15) is 0 Å². The summed E-state index contributed by atoms with van der Waals surface area (Å²) in [4.78, 5) is 0. The standard InChI is InChI=1S/C33H58Si/c1-19-8-11-24-17-22(4)31-28(27(24)14-19)18-23(5)32(31)34(6,7)33-29-15-20(2)9-12-25(29)26-13-10-21(3)16-30(26)33/h19-33H,8-18H2,1-7H3. The molecule has 0 bridgehead atoms. The van der Waals surface area contributed by atoms with Gasteiger partial charge in [0.1, 0.15) is 0 Å². The van der Waals surface area contributed by atoms with Gasteiger partial charge < -0.3 is 0 Å². The normalized spacial score (nSPS) is 57.4. The highest BCUT2D eigenvalue weighted by Gasteiger charge is 2.63. The maximum absolute atomic E-state index is 2.97. The smallest absolute Gasteiger partial charge is 0.0547 e. The summed E-state index contributed by atoms with van der Waals surface area (Å²) in [5.41, 5.74) is 2.26. The Balaban J connectivity index is 1.34. The minimum absolute atomic E-state index is 0.998. The third-order valence-electron chi connectivity index (χ3n) is 14.0. The van der Waals surface area contributed by atoms with Crippen molar-refractivity contribution in [1.29, 1.82) is 0 Å². The van der Waals surface area contributed by atoms with E-state index >= 15 is 0 Å². The van der Waals surface area contributed by atoms with Crippen molar-refractivity contribution in [1.82, 2.24) is 0 Å². The van der Waals surface area contributed by atoms with Crippen molar-refractivity contribution in [2.45, 2.75) is 129 Å². The van der Waals surface area contributed by atoms with Gasteiger partial charge in [0.2, 0.25) is 0 Å². The number of hydrogen-bond donors (Lipinski definition) is 0. The van der Waals surface area contributed by atoms with Gasteiger partial charge in [-0.3, -0.25) is 0 Å². The summed E-state index contributed by atoms with van der Waals surface area (Å²) in [6.07, 6.45) is 17.3. The molecule has 0 heterocycles. The van der Waals surface area contributed by atoms with E-state index in [1.54, 1.807) is 51.4 Å². The summed E-state index contributed by atoms with van der Waals surface area (Å²) in [6.45, 7) is 19.2. The van der Waals surface area contributed by atoms with Crippen LogP contribution in [0.5, 0.6) is 0 Å². The van der Waals surface area contributed by atoms with E-state index in [1.807, 2.05) is 0 Å². The van der Waals surface area contributed by atoms with Crippen molar-refractivity contribution in [2.75, 3.05) is 0 Å². The lowest BCUT2D eigenvalue weighted by Crippen LogP contribution is -2.50. The molecular weight excluding hydrogens is 424 g/mol. The van der Waals surface area contributed by atoms with Gasteiger partial charge in [0.05, 0.1) is 8.07 Å². The first kappa shape index (κ1) is 24.5. The Hall–Kier alpha value is 0.217.